The molecule has 0 aliphatic heterocycles. The molecule has 1 unspecified atom stereocenters. The fourth-order valence-corrected chi connectivity index (χ4v) is 1.59. The van der Waals surface area contributed by atoms with E-state index < -0.39 is 24.0 Å². The summed E-state index contributed by atoms with van der Waals surface area (Å²) in [7, 11) is 1.65. The van der Waals surface area contributed by atoms with Crippen LogP contribution in [0, 0.1) is 0 Å². The van der Waals surface area contributed by atoms with Gasteiger partial charge in [-0.05, 0) is 32.0 Å². The summed E-state index contributed by atoms with van der Waals surface area (Å²) in [5.74, 6) is -2.20. The first-order valence-electron chi connectivity index (χ1n) is 6.78. The van der Waals surface area contributed by atoms with Gasteiger partial charge >= 0.3 is 5.97 Å². The maximum atomic E-state index is 12.0. The highest BCUT2D eigenvalue weighted by atomic mass is 16.4. The summed E-state index contributed by atoms with van der Waals surface area (Å²) in [6.45, 7) is 3.03. The van der Waals surface area contributed by atoms with Crippen molar-refractivity contribution in [3.63, 3.8) is 0 Å². The number of nitrogens with zero attached hydrogens (tertiary/aromatic N) is 1. The third-order valence-electron chi connectivity index (χ3n) is 3.25. The van der Waals surface area contributed by atoms with Crippen molar-refractivity contribution in [3.8, 4) is 0 Å². The molecular formula is C15H20N2O5. The van der Waals surface area contributed by atoms with Gasteiger partial charge in [0, 0.05) is 24.7 Å². The molecule has 1 atom stereocenters. The molecule has 0 saturated carbocycles. The predicted octanol–water partition coefficient (Wildman–Crippen LogP) is 0.344. The number of amides is 2. The van der Waals surface area contributed by atoms with Crippen LogP contribution < -0.4 is 5.32 Å². The van der Waals surface area contributed by atoms with Gasteiger partial charge in [-0.15, -0.1) is 0 Å². The van der Waals surface area contributed by atoms with Crippen LogP contribution in [0.5, 0.6) is 0 Å². The summed E-state index contributed by atoms with van der Waals surface area (Å²) < 4.78 is 0. The zero-order chi connectivity index (χ0) is 16.9. The molecule has 7 heteroatoms. The molecule has 0 aliphatic rings. The molecule has 0 saturated heterocycles. The van der Waals surface area contributed by atoms with Gasteiger partial charge < -0.3 is 20.4 Å². The first kappa shape index (κ1) is 17.6. The standard InChI is InChI=1S/C15H20N2O5/c1-4-17(3)13(19)11-7-5-6-10(8-11)12(18)16-9-15(2,22)14(20)21/h5-8,22H,4,9H2,1-3H3,(H,16,18)(H,20,21). The Morgan fingerprint density at radius 2 is 1.86 bits per heavy atom. The van der Waals surface area contributed by atoms with Crippen molar-refractivity contribution in [2.75, 3.05) is 20.1 Å². The second-order valence-electron chi connectivity index (χ2n) is 5.16. The lowest BCUT2D eigenvalue weighted by Crippen LogP contribution is -2.46. The van der Waals surface area contributed by atoms with Gasteiger partial charge in [-0.25, -0.2) is 4.79 Å². The van der Waals surface area contributed by atoms with Crippen molar-refractivity contribution in [1.29, 1.82) is 0 Å². The number of carboxylic acid groups (broad SMARTS) is 1. The smallest absolute Gasteiger partial charge is 0.337 e. The Morgan fingerprint density at radius 3 is 2.41 bits per heavy atom. The van der Waals surface area contributed by atoms with E-state index >= 15 is 0 Å². The molecule has 120 valence electrons. The molecule has 0 spiro atoms. The van der Waals surface area contributed by atoms with Crippen LogP contribution in [0.4, 0.5) is 0 Å². The first-order valence-corrected chi connectivity index (χ1v) is 6.78. The number of aliphatic hydroxyl groups is 1. The summed E-state index contributed by atoms with van der Waals surface area (Å²) in [6, 6.07) is 6.10. The van der Waals surface area contributed by atoms with Gasteiger partial charge in [0.05, 0.1) is 6.54 Å². The highest BCUT2D eigenvalue weighted by Gasteiger charge is 2.30. The maximum Gasteiger partial charge on any atom is 0.337 e. The maximum absolute atomic E-state index is 12.0. The quantitative estimate of drug-likeness (QED) is 0.702. The van der Waals surface area contributed by atoms with Crippen molar-refractivity contribution in [2.45, 2.75) is 19.4 Å². The van der Waals surface area contributed by atoms with E-state index in [1.165, 1.54) is 17.0 Å². The van der Waals surface area contributed by atoms with Crippen molar-refractivity contribution < 1.29 is 24.6 Å². The third-order valence-corrected chi connectivity index (χ3v) is 3.25. The van der Waals surface area contributed by atoms with E-state index in [9.17, 15) is 19.5 Å². The number of hydrogen-bond donors (Lipinski definition) is 3. The van der Waals surface area contributed by atoms with Crippen LogP contribution in [0.2, 0.25) is 0 Å². The summed E-state index contributed by atoms with van der Waals surface area (Å²) in [6.07, 6.45) is 0. The Kier molecular flexibility index (Phi) is 5.64. The van der Waals surface area contributed by atoms with E-state index in [2.05, 4.69) is 5.32 Å². The summed E-state index contributed by atoms with van der Waals surface area (Å²) in [4.78, 5) is 36.3. The van der Waals surface area contributed by atoms with E-state index in [1.54, 1.807) is 19.2 Å². The van der Waals surface area contributed by atoms with Crippen molar-refractivity contribution in [2.24, 2.45) is 0 Å². The summed E-state index contributed by atoms with van der Waals surface area (Å²) in [5.41, 5.74) is -1.47. The average Bonchev–Trinajstić information content (AvgIpc) is 2.51. The molecule has 3 N–H and O–H groups in total. The van der Waals surface area contributed by atoms with Gasteiger partial charge in [0.15, 0.2) is 5.60 Å². The second-order valence-corrected chi connectivity index (χ2v) is 5.16. The molecule has 0 heterocycles. The van der Waals surface area contributed by atoms with Gasteiger partial charge in [-0.1, -0.05) is 6.07 Å². The van der Waals surface area contributed by atoms with E-state index in [-0.39, 0.29) is 11.5 Å². The number of nitrogens with one attached hydrogen (secondary N) is 1. The van der Waals surface area contributed by atoms with E-state index in [0.717, 1.165) is 6.92 Å². The minimum atomic E-state index is -2.05. The number of aliphatic carboxylic acids is 1. The van der Waals surface area contributed by atoms with Crippen molar-refractivity contribution >= 4 is 17.8 Å². The van der Waals surface area contributed by atoms with Crippen molar-refractivity contribution in [1.82, 2.24) is 10.2 Å². The lowest BCUT2D eigenvalue weighted by Gasteiger charge is -2.18. The van der Waals surface area contributed by atoms with Gasteiger partial charge in [-0.3, -0.25) is 9.59 Å². The molecule has 0 aliphatic carbocycles. The van der Waals surface area contributed by atoms with Crippen LogP contribution in [0.15, 0.2) is 24.3 Å². The first-order chi connectivity index (χ1) is 10.2. The number of carbonyl (C=O) groups excluding carboxylic acids is 2. The zero-order valence-corrected chi connectivity index (χ0v) is 12.8. The summed E-state index contributed by atoms with van der Waals surface area (Å²) in [5, 5.41) is 20.7. The molecule has 22 heavy (non-hydrogen) atoms. The summed E-state index contributed by atoms with van der Waals surface area (Å²) >= 11 is 0. The van der Waals surface area contributed by atoms with Crippen LogP contribution in [0.3, 0.4) is 0 Å². The highest BCUT2D eigenvalue weighted by molar-refractivity contribution is 5.99. The fourth-order valence-electron chi connectivity index (χ4n) is 1.59. The minimum absolute atomic E-state index is 0.213. The molecule has 0 bridgehead atoms. The molecule has 1 aromatic rings. The monoisotopic (exact) mass is 308 g/mol. The Hall–Kier alpha value is -2.41. The van der Waals surface area contributed by atoms with Gasteiger partial charge in [0.2, 0.25) is 0 Å². The Labute approximate surface area is 128 Å². The zero-order valence-electron chi connectivity index (χ0n) is 12.8. The Bertz CT molecular complexity index is 583. The molecule has 1 aromatic carbocycles. The molecule has 0 aromatic heterocycles. The minimum Gasteiger partial charge on any atom is -0.479 e. The molecule has 1 rings (SSSR count). The molecule has 7 nitrogen and oxygen atoms in total. The van der Waals surface area contributed by atoms with Gasteiger partial charge in [0.1, 0.15) is 0 Å². The third kappa shape index (κ3) is 4.29. The number of benzene rings is 1. The fraction of sp³-hybridized carbons (Fsp3) is 0.400. The predicted molar refractivity (Wildman–Crippen MR) is 79.7 cm³/mol. The van der Waals surface area contributed by atoms with E-state index in [4.69, 9.17) is 5.11 Å². The van der Waals surface area contributed by atoms with Gasteiger partial charge in [0.25, 0.3) is 11.8 Å². The van der Waals surface area contributed by atoms with Crippen LogP contribution in [0.25, 0.3) is 0 Å². The topological polar surface area (TPSA) is 107 Å². The lowest BCUT2D eigenvalue weighted by atomic mass is 10.1. The number of rotatable bonds is 6. The van der Waals surface area contributed by atoms with Crippen LogP contribution in [-0.4, -0.2) is 58.6 Å². The molecule has 2 amide bonds. The Morgan fingerprint density at radius 1 is 1.27 bits per heavy atom. The normalized spacial score (nSPS) is 13.1. The van der Waals surface area contributed by atoms with Crippen molar-refractivity contribution in [3.05, 3.63) is 35.4 Å². The number of carbonyl (C=O) groups is 3. The van der Waals surface area contributed by atoms with Crippen LogP contribution in [-0.2, 0) is 4.79 Å². The SMILES string of the molecule is CCN(C)C(=O)c1cccc(C(=O)NCC(C)(O)C(=O)O)c1. The molecule has 0 radical (unpaired) electrons. The average molecular weight is 308 g/mol. The lowest BCUT2D eigenvalue weighted by molar-refractivity contribution is -0.155. The second kappa shape index (κ2) is 7.04. The van der Waals surface area contributed by atoms with Crippen LogP contribution >= 0.6 is 0 Å². The molecule has 0 fully saturated rings. The van der Waals surface area contributed by atoms with Gasteiger partial charge in [-0.2, -0.15) is 0 Å². The molecular weight excluding hydrogens is 288 g/mol. The van der Waals surface area contributed by atoms with E-state index in [1.807, 2.05) is 6.92 Å². The highest BCUT2D eigenvalue weighted by Crippen LogP contribution is 2.09. The van der Waals surface area contributed by atoms with Crippen LogP contribution in [0.1, 0.15) is 34.6 Å². The number of carboxylic acids is 1. The van der Waals surface area contributed by atoms with E-state index in [0.29, 0.717) is 12.1 Å². The Balaban J connectivity index is 2.83. The largest absolute Gasteiger partial charge is 0.479 e. The number of hydrogen-bond acceptors (Lipinski definition) is 4.